The van der Waals surface area contributed by atoms with Gasteiger partial charge in [-0.1, -0.05) is 6.92 Å². The second-order valence-electron chi connectivity index (χ2n) is 6.63. The third kappa shape index (κ3) is 4.29. The van der Waals surface area contributed by atoms with Crippen molar-refractivity contribution in [3.63, 3.8) is 0 Å². The van der Waals surface area contributed by atoms with E-state index >= 15 is 0 Å². The summed E-state index contributed by atoms with van der Waals surface area (Å²) in [5.74, 6) is -1.60. The smallest absolute Gasteiger partial charge is 0.306 e. The lowest BCUT2D eigenvalue weighted by Crippen LogP contribution is -2.62. The summed E-state index contributed by atoms with van der Waals surface area (Å²) in [4.78, 5) is 10.9. The van der Waals surface area contributed by atoms with Crippen molar-refractivity contribution in [1.82, 2.24) is 0 Å². The summed E-state index contributed by atoms with van der Waals surface area (Å²) in [6, 6.07) is 0. The summed E-state index contributed by atoms with van der Waals surface area (Å²) >= 11 is 0. The topological polar surface area (TPSA) is 166 Å². The van der Waals surface area contributed by atoms with Crippen molar-refractivity contribution in [2.24, 2.45) is 5.92 Å². The highest BCUT2D eigenvalue weighted by atomic mass is 16.7. The normalized spacial score (nSPS) is 48.3. The summed E-state index contributed by atoms with van der Waals surface area (Å²) in [6.07, 6.45) is -11.7. The number of aliphatic carboxylic acids is 1. The molecule has 6 N–H and O–H groups in total. The van der Waals surface area contributed by atoms with Crippen LogP contribution in [0.25, 0.3) is 0 Å². The lowest BCUT2D eigenvalue weighted by molar-refractivity contribution is -0.335. The summed E-state index contributed by atoms with van der Waals surface area (Å²) < 4.78 is 16.4. The Hall–Kier alpha value is -0.850. The van der Waals surface area contributed by atoms with Crippen LogP contribution in [0.3, 0.4) is 0 Å². The molecule has 10 nitrogen and oxygen atoms in total. The van der Waals surface area contributed by atoms with E-state index in [1.54, 1.807) is 13.8 Å². The minimum Gasteiger partial charge on any atom is -0.481 e. The van der Waals surface area contributed by atoms with Gasteiger partial charge in [-0.2, -0.15) is 0 Å². The van der Waals surface area contributed by atoms with E-state index in [1.807, 2.05) is 0 Å². The van der Waals surface area contributed by atoms with Crippen LogP contribution in [0.4, 0.5) is 0 Å². The fraction of sp³-hybridized carbons (Fsp3) is 0.933. The van der Waals surface area contributed by atoms with Gasteiger partial charge in [0, 0.05) is 5.92 Å². The standard InChI is InChI=1S/C15H26O10/c1-5-6(2)23-8(4-16)14(10(5)19)25-15-13(22)12(21)11(20)7(24-15)3-9(17)18/h5-8,10-16,19-22H,3-4H2,1-2H3,(H,17,18). The van der Waals surface area contributed by atoms with Gasteiger partial charge < -0.3 is 44.8 Å². The highest BCUT2D eigenvalue weighted by molar-refractivity contribution is 5.67. The Balaban J connectivity index is 2.14. The first-order valence-electron chi connectivity index (χ1n) is 8.18. The molecular formula is C15H26O10. The van der Waals surface area contributed by atoms with Crippen LogP contribution in [0.2, 0.25) is 0 Å². The van der Waals surface area contributed by atoms with E-state index in [0.717, 1.165) is 0 Å². The average Bonchev–Trinajstić information content (AvgIpc) is 2.56. The van der Waals surface area contributed by atoms with Crippen molar-refractivity contribution in [1.29, 1.82) is 0 Å². The average molecular weight is 366 g/mol. The van der Waals surface area contributed by atoms with Crippen LogP contribution in [0.1, 0.15) is 20.3 Å². The van der Waals surface area contributed by atoms with Crippen LogP contribution in [0.5, 0.6) is 0 Å². The zero-order valence-electron chi connectivity index (χ0n) is 14.0. The minimum absolute atomic E-state index is 0.334. The Bertz CT molecular complexity index is 458. The Morgan fingerprint density at radius 3 is 2.16 bits per heavy atom. The maximum absolute atomic E-state index is 10.9. The number of carbonyl (C=O) groups is 1. The van der Waals surface area contributed by atoms with Crippen LogP contribution in [0.15, 0.2) is 0 Å². The van der Waals surface area contributed by atoms with Gasteiger partial charge in [-0.05, 0) is 6.92 Å². The lowest BCUT2D eigenvalue weighted by atomic mass is 9.88. The van der Waals surface area contributed by atoms with Crippen LogP contribution in [-0.2, 0) is 19.0 Å². The van der Waals surface area contributed by atoms with Crippen molar-refractivity contribution in [2.45, 2.75) is 75.4 Å². The molecule has 0 aromatic rings. The fourth-order valence-corrected chi connectivity index (χ4v) is 3.11. The molecule has 10 heteroatoms. The van der Waals surface area contributed by atoms with Gasteiger partial charge in [0.2, 0.25) is 0 Å². The number of aliphatic hydroxyl groups excluding tert-OH is 5. The number of hydrogen-bond donors (Lipinski definition) is 6. The van der Waals surface area contributed by atoms with E-state index in [0.29, 0.717) is 0 Å². The van der Waals surface area contributed by atoms with Crippen molar-refractivity contribution in [2.75, 3.05) is 6.61 Å². The second-order valence-corrected chi connectivity index (χ2v) is 6.63. The summed E-state index contributed by atoms with van der Waals surface area (Å²) in [5.41, 5.74) is 0. The summed E-state index contributed by atoms with van der Waals surface area (Å²) in [6.45, 7) is 3.01. The van der Waals surface area contributed by atoms with Crippen LogP contribution >= 0.6 is 0 Å². The van der Waals surface area contributed by atoms with Crippen molar-refractivity contribution >= 4 is 5.97 Å². The van der Waals surface area contributed by atoms with Gasteiger partial charge in [0.15, 0.2) is 6.29 Å². The van der Waals surface area contributed by atoms with Gasteiger partial charge in [-0.25, -0.2) is 0 Å². The third-order valence-corrected chi connectivity index (χ3v) is 4.89. The third-order valence-electron chi connectivity index (χ3n) is 4.89. The Morgan fingerprint density at radius 2 is 1.60 bits per heavy atom. The molecule has 0 aliphatic carbocycles. The molecule has 0 spiro atoms. The minimum atomic E-state index is -1.69. The van der Waals surface area contributed by atoms with Crippen LogP contribution in [0, 0.1) is 5.92 Å². The molecular weight excluding hydrogens is 340 g/mol. The second kappa shape index (κ2) is 8.23. The van der Waals surface area contributed by atoms with Crippen molar-refractivity contribution < 1.29 is 49.6 Å². The molecule has 0 radical (unpaired) electrons. The molecule has 10 atom stereocenters. The van der Waals surface area contributed by atoms with Gasteiger partial charge in [0.25, 0.3) is 0 Å². The highest BCUT2D eigenvalue weighted by Gasteiger charge is 2.49. The lowest BCUT2D eigenvalue weighted by Gasteiger charge is -2.46. The number of carboxylic acid groups (broad SMARTS) is 1. The van der Waals surface area contributed by atoms with Gasteiger partial charge in [-0.15, -0.1) is 0 Å². The van der Waals surface area contributed by atoms with Gasteiger partial charge >= 0.3 is 5.97 Å². The largest absolute Gasteiger partial charge is 0.481 e. The molecule has 0 saturated carbocycles. The Kier molecular flexibility index (Phi) is 6.74. The molecule has 2 rings (SSSR count). The van der Waals surface area contributed by atoms with Crippen LogP contribution < -0.4 is 0 Å². The molecule has 0 aromatic heterocycles. The Morgan fingerprint density at radius 1 is 0.960 bits per heavy atom. The maximum atomic E-state index is 10.9. The Labute approximate surface area is 144 Å². The quantitative estimate of drug-likeness (QED) is 0.304. The molecule has 2 fully saturated rings. The molecule has 10 unspecified atom stereocenters. The monoisotopic (exact) mass is 366 g/mol. The summed E-state index contributed by atoms with van der Waals surface area (Å²) in [7, 11) is 0. The number of rotatable bonds is 5. The zero-order valence-corrected chi connectivity index (χ0v) is 14.0. The van der Waals surface area contributed by atoms with Gasteiger partial charge in [0.1, 0.15) is 30.5 Å². The van der Waals surface area contributed by atoms with E-state index in [9.17, 15) is 30.3 Å². The first-order valence-corrected chi connectivity index (χ1v) is 8.18. The first kappa shape index (κ1) is 20.5. The van der Waals surface area contributed by atoms with Crippen molar-refractivity contribution in [3.8, 4) is 0 Å². The zero-order chi connectivity index (χ0) is 18.9. The molecule has 0 aromatic carbocycles. The van der Waals surface area contributed by atoms with E-state index in [-0.39, 0.29) is 12.0 Å². The maximum Gasteiger partial charge on any atom is 0.306 e. The fourth-order valence-electron chi connectivity index (χ4n) is 3.11. The molecule has 0 amide bonds. The summed E-state index contributed by atoms with van der Waals surface area (Å²) in [5, 5.41) is 58.5. The molecule has 25 heavy (non-hydrogen) atoms. The first-order chi connectivity index (χ1) is 11.7. The van der Waals surface area contributed by atoms with E-state index < -0.39 is 68.0 Å². The SMILES string of the molecule is CC1OC(CO)C(OC2OC(CC(=O)O)C(O)C(O)C2O)C(O)C1C. The highest BCUT2D eigenvalue weighted by Crippen LogP contribution is 2.31. The number of ether oxygens (including phenoxy) is 3. The van der Waals surface area contributed by atoms with E-state index in [1.165, 1.54) is 0 Å². The van der Waals surface area contributed by atoms with E-state index in [4.69, 9.17) is 19.3 Å². The molecule has 0 bridgehead atoms. The number of carboxylic acids is 1. The van der Waals surface area contributed by atoms with Gasteiger partial charge in [-0.3, -0.25) is 4.79 Å². The molecule has 2 heterocycles. The molecule has 146 valence electrons. The predicted octanol–water partition coefficient (Wildman–Crippen LogP) is -2.57. The van der Waals surface area contributed by atoms with E-state index in [2.05, 4.69) is 0 Å². The van der Waals surface area contributed by atoms with Crippen molar-refractivity contribution in [3.05, 3.63) is 0 Å². The number of aliphatic hydroxyl groups is 5. The predicted molar refractivity (Wildman–Crippen MR) is 80.4 cm³/mol. The molecule has 2 aliphatic rings. The van der Waals surface area contributed by atoms with Crippen LogP contribution in [-0.4, -0.2) is 98.3 Å². The van der Waals surface area contributed by atoms with Gasteiger partial charge in [0.05, 0.1) is 31.3 Å². The molecule has 2 aliphatic heterocycles. The number of hydrogen-bond acceptors (Lipinski definition) is 9. The molecule has 2 saturated heterocycles.